The number of benzene rings is 1. The third-order valence-corrected chi connectivity index (χ3v) is 4.88. The average Bonchev–Trinajstić information content (AvgIpc) is 3.02. The van der Waals surface area contributed by atoms with E-state index in [4.69, 9.17) is 4.74 Å². The summed E-state index contributed by atoms with van der Waals surface area (Å²) in [6.07, 6.45) is 0. The fourth-order valence-electron chi connectivity index (χ4n) is 2.26. The lowest BCUT2D eigenvalue weighted by atomic mass is 10.1. The van der Waals surface area contributed by atoms with E-state index in [0.717, 1.165) is 0 Å². The first-order valence-electron chi connectivity index (χ1n) is 7.25. The molecule has 1 heterocycles. The molecule has 120 valence electrons. The van der Waals surface area contributed by atoms with E-state index in [-0.39, 0.29) is 17.9 Å². The van der Waals surface area contributed by atoms with Gasteiger partial charge in [-0.25, -0.2) is 0 Å². The number of thioether (sulfide) groups is 1. The van der Waals surface area contributed by atoms with Gasteiger partial charge in [-0.1, -0.05) is 6.07 Å². The first-order chi connectivity index (χ1) is 10.5. The fraction of sp³-hybridized carbons (Fsp3) is 0.500. The quantitative estimate of drug-likeness (QED) is 0.851. The third kappa shape index (κ3) is 3.38. The van der Waals surface area contributed by atoms with E-state index < -0.39 is 6.04 Å². The summed E-state index contributed by atoms with van der Waals surface area (Å²) in [5.41, 5.74) is 0.548. The van der Waals surface area contributed by atoms with Gasteiger partial charge in [0.25, 0.3) is 5.91 Å². The maximum absolute atomic E-state index is 12.7. The molecule has 2 amide bonds. The highest BCUT2D eigenvalue weighted by Gasteiger charge is 2.37. The second-order valence-corrected chi connectivity index (χ2v) is 6.57. The van der Waals surface area contributed by atoms with E-state index >= 15 is 0 Å². The number of likely N-dealkylation sites (N-methyl/N-ethyl adjacent to an activating group) is 1. The molecule has 1 aromatic carbocycles. The number of amides is 2. The minimum Gasteiger partial charge on any atom is -0.497 e. The van der Waals surface area contributed by atoms with E-state index in [1.165, 1.54) is 0 Å². The van der Waals surface area contributed by atoms with Crippen molar-refractivity contribution in [2.45, 2.75) is 25.9 Å². The summed E-state index contributed by atoms with van der Waals surface area (Å²) in [7, 11) is 3.35. The van der Waals surface area contributed by atoms with Crippen molar-refractivity contribution in [1.82, 2.24) is 9.80 Å². The molecule has 1 fully saturated rings. The number of hydrogen-bond donors (Lipinski definition) is 0. The Labute approximate surface area is 135 Å². The van der Waals surface area contributed by atoms with Gasteiger partial charge in [-0.3, -0.25) is 9.59 Å². The zero-order chi connectivity index (χ0) is 16.3. The highest BCUT2D eigenvalue weighted by Crippen LogP contribution is 2.25. The number of ether oxygens (including phenoxy) is 1. The second kappa shape index (κ2) is 7.05. The Morgan fingerprint density at radius 2 is 2.14 bits per heavy atom. The van der Waals surface area contributed by atoms with Crippen LogP contribution in [-0.4, -0.2) is 59.5 Å². The lowest BCUT2D eigenvalue weighted by Crippen LogP contribution is -2.49. The Morgan fingerprint density at radius 1 is 1.41 bits per heavy atom. The lowest BCUT2D eigenvalue weighted by molar-refractivity contribution is -0.135. The molecule has 1 aliphatic heterocycles. The highest BCUT2D eigenvalue weighted by atomic mass is 32.2. The van der Waals surface area contributed by atoms with Crippen LogP contribution in [0.4, 0.5) is 0 Å². The average molecular weight is 322 g/mol. The van der Waals surface area contributed by atoms with Crippen molar-refractivity contribution in [2.75, 3.05) is 25.8 Å². The van der Waals surface area contributed by atoms with Crippen molar-refractivity contribution in [3.8, 4) is 5.75 Å². The maximum Gasteiger partial charge on any atom is 0.255 e. The minimum atomic E-state index is -0.392. The summed E-state index contributed by atoms with van der Waals surface area (Å²) >= 11 is 1.61. The molecular formula is C16H22N2O3S. The van der Waals surface area contributed by atoms with E-state index in [1.807, 2.05) is 13.8 Å². The van der Waals surface area contributed by atoms with Gasteiger partial charge in [0.1, 0.15) is 11.8 Å². The SMILES string of the molecule is COc1cccc(C(=O)N2CSC[C@H]2C(=O)N(C)C(C)C)c1. The van der Waals surface area contributed by atoms with Crippen molar-refractivity contribution in [3.63, 3.8) is 0 Å². The molecule has 5 nitrogen and oxygen atoms in total. The molecule has 0 N–H and O–H groups in total. The number of nitrogens with zero attached hydrogens (tertiary/aromatic N) is 2. The molecule has 0 unspecified atom stereocenters. The van der Waals surface area contributed by atoms with Gasteiger partial charge < -0.3 is 14.5 Å². The second-order valence-electron chi connectivity index (χ2n) is 5.57. The standard InChI is InChI=1S/C16H22N2O3S/c1-11(2)17(3)16(20)14-9-22-10-18(14)15(19)12-6-5-7-13(8-12)21-4/h5-8,11,14H,9-10H2,1-4H3/t14-/m0/s1. The molecule has 6 heteroatoms. The Kier molecular flexibility index (Phi) is 5.34. The number of methoxy groups -OCH3 is 1. The largest absolute Gasteiger partial charge is 0.497 e. The van der Waals surface area contributed by atoms with Crippen LogP contribution in [0, 0.1) is 0 Å². The van der Waals surface area contributed by atoms with Crippen LogP contribution < -0.4 is 4.74 Å². The van der Waals surface area contributed by atoms with Crippen molar-refractivity contribution >= 4 is 23.6 Å². The first kappa shape index (κ1) is 16.7. The van der Waals surface area contributed by atoms with Crippen molar-refractivity contribution < 1.29 is 14.3 Å². The monoisotopic (exact) mass is 322 g/mol. The molecule has 1 atom stereocenters. The molecule has 0 saturated carbocycles. The molecule has 0 aromatic heterocycles. The summed E-state index contributed by atoms with van der Waals surface area (Å²) in [4.78, 5) is 28.6. The molecule has 0 radical (unpaired) electrons. The van der Waals surface area contributed by atoms with Gasteiger partial charge in [-0.05, 0) is 32.0 Å². The summed E-state index contributed by atoms with van der Waals surface area (Å²) in [5.74, 6) is 1.69. The van der Waals surface area contributed by atoms with E-state index in [0.29, 0.717) is 22.9 Å². The van der Waals surface area contributed by atoms with Gasteiger partial charge in [0.15, 0.2) is 0 Å². The molecule has 0 bridgehead atoms. The van der Waals surface area contributed by atoms with Crippen LogP contribution in [0.2, 0.25) is 0 Å². The van der Waals surface area contributed by atoms with Crippen LogP contribution in [0.25, 0.3) is 0 Å². The predicted molar refractivity (Wildman–Crippen MR) is 88.2 cm³/mol. The number of carbonyl (C=O) groups excluding carboxylic acids is 2. The molecule has 2 rings (SSSR count). The van der Waals surface area contributed by atoms with Crippen LogP contribution >= 0.6 is 11.8 Å². The van der Waals surface area contributed by atoms with Crippen molar-refractivity contribution in [2.24, 2.45) is 0 Å². The Morgan fingerprint density at radius 3 is 2.77 bits per heavy atom. The zero-order valence-corrected chi connectivity index (χ0v) is 14.2. The normalized spacial score (nSPS) is 17.7. The van der Waals surface area contributed by atoms with Crippen LogP contribution in [0.15, 0.2) is 24.3 Å². The highest BCUT2D eigenvalue weighted by molar-refractivity contribution is 7.99. The van der Waals surface area contributed by atoms with Gasteiger partial charge in [0.05, 0.1) is 13.0 Å². The van der Waals surface area contributed by atoms with E-state index in [2.05, 4.69) is 0 Å². The smallest absolute Gasteiger partial charge is 0.255 e. The van der Waals surface area contributed by atoms with Gasteiger partial charge >= 0.3 is 0 Å². The first-order valence-corrected chi connectivity index (χ1v) is 8.40. The van der Waals surface area contributed by atoms with E-state index in [1.54, 1.807) is 60.0 Å². The zero-order valence-electron chi connectivity index (χ0n) is 13.4. The minimum absolute atomic E-state index is 0.00348. The van der Waals surface area contributed by atoms with Crippen molar-refractivity contribution in [1.29, 1.82) is 0 Å². The maximum atomic E-state index is 12.7. The van der Waals surface area contributed by atoms with Gasteiger partial charge in [0, 0.05) is 24.4 Å². The van der Waals surface area contributed by atoms with Crippen LogP contribution in [0.3, 0.4) is 0 Å². The Balaban J connectivity index is 2.19. The molecule has 1 aliphatic rings. The summed E-state index contributed by atoms with van der Waals surface area (Å²) < 4.78 is 5.16. The molecule has 1 aromatic rings. The lowest BCUT2D eigenvalue weighted by Gasteiger charge is -2.29. The molecule has 0 aliphatic carbocycles. The number of rotatable bonds is 4. The summed E-state index contributed by atoms with van der Waals surface area (Å²) in [5, 5.41) is 0. The fourth-order valence-corrected chi connectivity index (χ4v) is 3.40. The van der Waals surface area contributed by atoms with Crippen LogP contribution in [-0.2, 0) is 4.79 Å². The molecule has 22 heavy (non-hydrogen) atoms. The number of hydrogen-bond acceptors (Lipinski definition) is 4. The molecular weight excluding hydrogens is 300 g/mol. The molecule has 0 spiro atoms. The number of carbonyl (C=O) groups is 2. The molecule has 1 saturated heterocycles. The van der Waals surface area contributed by atoms with Crippen LogP contribution in [0.5, 0.6) is 5.75 Å². The van der Waals surface area contributed by atoms with Crippen molar-refractivity contribution in [3.05, 3.63) is 29.8 Å². The third-order valence-electron chi connectivity index (χ3n) is 3.87. The topological polar surface area (TPSA) is 49.9 Å². The van der Waals surface area contributed by atoms with Gasteiger partial charge in [-0.2, -0.15) is 0 Å². The summed E-state index contributed by atoms with van der Waals surface area (Å²) in [6.45, 7) is 3.93. The van der Waals surface area contributed by atoms with E-state index in [9.17, 15) is 9.59 Å². The van der Waals surface area contributed by atoms with Crippen LogP contribution in [0.1, 0.15) is 24.2 Å². The predicted octanol–water partition coefficient (Wildman–Crippen LogP) is 2.08. The Bertz CT molecular complexity index is 562. The summed E-state index contributed by atoms with van der Waals surface area (Å²) in [6, 6.07) is 6.76. The van der Waals surface area contributed by atoms with Gasteiger partial charge in [0.2, 0.25) is 5.91 Å². The van der Waals surface area contributed by atoms with Gasteiger partial charge in [-0.15, -0.1) is 11.8 Å². The Hall–Kier alpha value is -1.69.